The van der Waals surface area contributed by atoms with E-state index < -0.39 is 35.9 Å². The Morgan fingerprint density at radius 1 is 0.787 bits per heavy atom. The number of halogens is 5. The number of nitrogens with one attached hydrogen (secondary N) is 2. The minimum Gasteiger partial charge on any atom is -0.475 e. The molecule has 4 aromatic rings. The van der Waals surface area contributed by atoms with Crippen molar-refractivity contribution in [3.63, 3.8) is 0 Å². The van der Waals surface area contributed by atoms with Gasteiger partial charge in [-0.05, 0) is 64.9 Å². The van der Waals surface area contributed by atoms with Crippen molar-refractivity contribution in [1.82, 2.24) is 10.6 Å². The number of aliphatic hydroxyl groups excluding tert-OH is 1. The first-order chi connectivity index (χ1) is 22.3. The lowest BCUT2D eigenvalue weighted by Crippen LogP contribution is -2.48. The van der Waals surface area contributed by atoms with Gasteiger partial charge in [0.05, 0.1) is 12.1 Å². The minimum atomic E-state index is -5.08. The number of carboxylic acids is 1. The third kappa shape index (κ3) is 11.9. The van der Waals surface area contributed by atoms with E-state index in [2.05, 4.69) is 36.6 Å². The molecule has 0 saturated carbocycles. The highest BCUT2D eigenvalue weighted by Crippen LogP contribution is 2.24. The second kappa shape index (κ2) is 17.3. The van der Waals surface area contributed by atoms with Gasteiger partial charge in [0.25, 0.3) is 5.91 Å². The number of carboxylic acid groups (broad SMARTS) is 1. The number of aliphatic carboxylic acids is 1. The zero-order chi connectivity index (χ0) is 34.6. The molecule has 11 heteroatoms. The van der Waals surface area contributed by atoms with Gasteiger partial charge in [0, 0.05) is 30.6 Å². The van der Waals surface area contributed by atoms with Crippen LogP contribution >= 0.6 is 0 Å². The van der Waals surface area contributed by atoms with E-state index in [1.165, 1.54) is 17.7 Å². The first-order valence-corrected chi connectivity index (χ1v) is 14.9. The lowest BCUT2D eigenvalue weighted by atomic mass is 9.92. The Labute approximate surface area is 270 Å². The molecule has 3 atom stereocenters. The molecular weight excluding hydrogens is 619 g/mol. The molecule has 0 fully saturated rings. The minimum absolute atomic E-state index is 0.0642. The first-order valence-electron chi connectivity index (χ1n) is 14.9. The van der Waals surface area contributed by atoms with Gasteiger partial charge in [0.2, 0.25) is 0 Å². The summed E-state index contributed by atoms with van der Waals surface area (Å²) >= 11 is 0. The van der Waals surface area contributed by atoms with Crippen LogP contribution in [-0.4, -0.2) is 47.0 Å². The van der Waals surface area contributed by atoms with Crippen LogP contribution in [0.4, 0.5) is 22.0 Å². The van der Waals surface area contributed by atoms with Gasteiger partial charge in [0.15, 0.2) is 0 Å². The molecule has 0 heterocycles. The highest BCUT2D eigenvalue weighted by molar-refractivity contribution is 5.94. The van der Waals surface area contributed by atoms with Crippen LogP contribution in [0.1, 0.15) is 57.9 Å². The number of carbonyl (C=O) groups is 2. The molecule has 0 aliphatic carbocycles. The predicted octanol–water partition coefficient (Wildman–Crippen LogP) is 6.80. The zero-order valence-corrected chi connectivity index (χ0v) is 25.9. The van der Waals surface area contributed by atoms with Crippen molar-refractivity contribution >= 4 is 11.9 Å². The molecule has 6 nitrogen and oxygen atoms in total. The van der Waals surface area contributed by atoms with Gasteiger partial charge >= 0.3 is 12.1 Å². The van der Waals surface area contributed by atoms with Crippen molar-refractivity contribution in [3.8, 4) is 0 Å². The van der Waals surface area contributed by atoms with Crippen LogP contribution in [0.3, 0.4) is 0 Å². The number of aryl methyl sites for hydroxylation is 1. The fourth-order valence-electron chi connectivity index (χ4n) is 4.87. The third-order valence-electron chi connectivity index (χ3n) is 7.43. The molecule has 4 aromatic carbocycles. The van der Waals surface area contributed by atoms with Crippen LogP contribution in [0.5, 0.6) is 0 Å². The summed E-state index contributed by atoms with van der Waals surface area (Å²) in [5.41, 5.74) is 5.23. The predicted molar refractivity (Wildman–Crippen MR) is 169 cm³/mol. The number of hydrogen-bond acceptors (Lipinski definition) is 4. The van der Waals surface area contributed by atoms with E-state index in [0.717, 1.165) is 29.2 Å². The number of alkyl halides is 3. The van der Waals surface area contributed by atoms with Crippen molar-refractivity contribution in [3.05, 3.63) is 142 Å². The van der Waals surface area contributed by atoms with Gasteiger partial charge in [0.1, 0.15) is 11.6 Å². The normalized spacial score (nSPS) is 13.1. The highest BCUT2D eigenvalue weighted by atomic mass is 19.4. The number of benzene rings is 4. The molecule has 0 radical (unpaired) electrons. The third-order valence-corrected chi connectivity index (χ3v) is 7.43. The number of amides is 1. The molecule has 0 spiro atoms. The van der Waals surface area contributed by atoms with Gasteiger partial charge in [-0.1, -0.05) is 80.6 Å². The number of hydrogen-bond donors (Lipinski definition) is 4. The molecule has 0 saturated heterocycles. The largest absolute Gasteiger partial charge is 0.490 e. The Hall–Kier alpha value is -4.61. The van der Waals surface area contributed by atoms with E-state index in [1.807, 2.05) is 60.7 Å². The van der Waals surface area contributed by atoms with Gasteiger partial charge in [-0.3, -0.25) is 4.79 Å². The Morgan fingerprint density at radius 3 is 2.00 bits per heavy atom. The number of aliphatic hydroxyl groups is 1. The Kier molecular flexibility index (Phi) is 13.6. The van der Waals surface area contributed by atoms with E-state index in [-0.39, 0.29) is 24.8 Å². The Balaban J connectivity index is 0.000000771. The molecule has 0 bridgehead atoms. The Bertz CT molecular complexity index is 1590. The van der Waals surface area contributed by atoms with E-state index in [9.17, 15) is 31.9 Å². The lowest BCUT2D eigenvalue weighted by molar-refractivity contribution is -0.192. The van der Waals surface area contributed by atoms with Crippen LogP contribution < -0.4 is 10.6 Å². The maximum absolute atomic E-state index is 13.9. The molecular formula is C36H37F5N2O4. The average Bonchev–Trinajstić information content (AvgIpc) is 3.04. The number of rotatable bonds is 12. The fraction of sp³-hybridized carbons (Fsp3) is 0.278. The molecule has 47 heavy (non-hydrogen) atoms. The summed E-state index contributed by atoms with van der Waals surface area (Å²) in [5.74, 6) is -4.44. The quantitative estimate of drug-likeness (QED) is 0.126. The van der Waals surface area contributed by atoms with Crippen molar-refractivity contribution in [2.75, 3.05) is 6.54 Å². The molecule has 0 aromatic heterocycles. The van der Waals surface area contributed by atoms with Crippen LogP contribution in [0.2, 0.25) is 0 Å². The summed E-state index contributed by atoms with van der Waals surface area (Å²) in [6.45, 7) is 4.90. The second-order valence-corrected chi connectivity index (χ2v) is 11.0. The van der Waals surface area contributed by atoms with Gasteiger partial charge < -0.3 is 20.8 Å². The molecule has 250 valence electrons. The monoisotopic (exact) mass is 656 g/mol. The van der Waals surface area contributed by atoms with E-state index in [1.54, 1.807) is 6.07 Å². The summed E-state index contributed by atoms with van der Waals surface area (Å²) in [6.07, 6.45) is -5.09. The topological polar surface area (TPSA) is 98.7 Å². The van der Waals surface area contributed by atoms with E-state index in [0.29, 0.717) is 17.7 Å². The highest BCUT2D eigenvalue weighted by Gasteiger charge is 2.38. The van der Waals surface area contributed by atoms with Crippen LogP contribution in [-0.2, 0) is 24.2 Å². The van der Waals surface area contributed by atoms with E-state index in [4.69, 9.17) is 9.90 Å². The maximum Gasteiger partial charge on any atom is 0.490 e. The second-order valence-electron chi connectivity index (χ2n) is 11.0. The summed E-state index contributed by atoms with van der Waals surface area (Å²) < 4.78 is 59.6. The van der Waals surface area contributed by atoms with E-state index >= 15 is 0 Å². The van der Waals surface area contributed by atoms with Crippen molar-refractivity contribution in [1.29, 1.82) is 0 Å². The SMILES string of the molecule is CCc1cccc(CNC[C@@H](O)[C@H](Cc2cc(F)cc(F)c2)NC(=O)c2cccc(C(C)c3ccccc3)c2)c1.O=C(O)C(F)(F)F. The van der Waals surface area contributed by atoms with Crippen molar-refractivity contribution < 1.29 is 41.8 Å². The van der Waals surface area contributed by atoms with Crippen molar-refractivity contribution in [2.45, 2.75) is 57.5 Å². The molecule has 0 aliphatic rings. The molecule has 0 aliphatic heterocycles. The fourth-order valence-corrected chi connectivity index (χ4v) is 4.87. The van der Waals surface area contributed by atoms with Gasteiger partial charge in [-0.25, -0.2) is 13.6 Å². The zero-order valence-electron chi connectivity index (χ0n) is 25.9. The Morgan fingerprint density at radius 2 is 1.38 bits per heavy atom. The summed E-state index contributed by atoms with van der Waals surface area (Å²) in [5, 5.41) is 24.4. The molecule has 4 N–H and O–H groups in total. The smallest absolute Gasteiger partial charge is 0.475 e. The van der Waals surface area contributed by atoms with Gasteiger partial charge in [-0.2, -0.15) is 13.2 Å². The molecule has 1 unspecified atom stereocenters. The van der Waals surface area contributed by atoms with Crippen LogP contribution in [0, 0.1) is 11.6 Å². The van der Waals surface area contributed by atoms with Crippen molar-refractivity contribution in [2.24, 2.45) is 0 Å². The summed E-state index contributed by atoms with van der Waals surface area (Å²) in [4.78, 5) is 22.3. The molecule has 4 rings (SSSR count). The maximum atomic E-state index is 13.9. The standard InChI is InChI=1S/C34H36F2N2O2.C2HF3O2/c1-3-24-9-7-10-25(15-24)21-37-22-33(39)32(18-26-16-30(35)20-31(36)17-26)38-34(40)29-14-8-13-28(19-29)23(2)27-11-5-4-6-12-27;3-2(4,5)1(6)7/h4-17,19-20,23,32-33,37,39H,3,18,21-22H2,1-2H3,(H,38,40);(H,6,7)/t23?,32-,33+;/m0./s1. The first kappa shape index (κ1) is 36.9. The van der Waals surface area contributed by atoms with Crippen LogP contribution in [0.25, 0.3) is 0 Å². The van der Waals surface area contributed by atoms with Crippen LogP contribution in [0.15, 0.2) is 97.1 Å². The van der Waals surface area contributed by atoms with Gasteiger partial charge in [-0.15, -0.1) is 0 Å². The summed E-state index contributed by atoms with van der Waals surface area (Å²) in [6, 6.07) is 28.1. The average molecular weight is 657 g/mol. The number of carbonyl (C=O) groups excluding carboxylic acids is 1. The lowest BCUT2D eigenvalue weighted by Gasteiger charge is -2.25. The molecule has 1 amide bonds. The summed E-state index contributed by atoms with van der Waals surface area (Å²) in [7, 11) is 0.